The molecule has 103 heavy (non-hydrogen) atoms. The van der Waals surface area contributed by atoms with Crippen LogP contribution in [0.5, 0.6) is 0 Å². The van der Waals surface area contributed by atoms with Gasteiger partial charge in [-0.3, -0.25) is 0 Å². The molecular weight excluding hydrogens is 1240 g/mol. The van der Waals surface area contributed by atoms with E-state index < -0.39 is 0 Å². The fraction of sp³-hybridized carbons (Fsp3) is 0.650. The van der Waals surface area contributed by atoms with Gasteiger partial charge in [0.15, 0.2) is 0 Å². The van der Waals surface area contributed by atoms with Crippen LogP contribution in [0, 0.1) is 272 Å². The number of fused-ring (bicyclic) bond motifs is 47. The molecule has 10 saturated carbocycles. The molecular formula is C103H132. The lowest BCUT2D eigenvalue weighted by Crippen LogP contribution is -2.24. The molecule has 28 rings (SSSR count). The monoisotopic (exact) mass is 1370 g/mol. The fourth-order valence-corrected chi connectivity index (χ4v) is 31.8. The zero-order chi connectivity index (χ0) is 69.2. The third-order valence-electron chi connectivity index (χ3n) is 36.3. The highest BCUT2D eigenvalue weighted by Gasteiger charge is 2.62. The van der Waals surface area contributed by atoms with Crippen molar-refractivity contribution in [3.63, 3.8) is 0 Å². The number of rotatable bonds is 1. The molecule has 0 N–H and O–H groups in total. The van der Waals surface area contributed by atoms with E-state index in [1.165, 1.54) is 77.0 Å². The van der Waals surface area contributed by atoms with Gasteiger partial charge >= 0.3 is 0 Å². The summed E-state index contributed by atoms with van der Waals surface area (Å²) in [7, 11) is 0. The van der Waals surface area contributed by atoms with Crippen LogP contribution in [-0.4, -0.2) is 0 Å². The van der Waals surface area contributed by atoms with E-state index in [4.69, 9.17) is 0 Å². The van der Waals surface area contributed by atoms with Gasteiger partial charge in [0.1, 0.15) is 0 Å². The summed E-state index contributed by atoms with van der Waals surface area (Å²) in [6, 6.07) is 0. The SMILES string of the molecule is C1=CC2C3C=CC(C3)C2C1.C1=CC2CC1C1CC3C4C=CC(C4)C3C21.CC1C=CC2C3C=CC(C3)C12.CC1C=CC2C3C=CC(C3)C12.CC1C=CC2C3C=CC(C3)C12.CC1C=CC2C3C=CC(C3)C12.CC1C=CC2C3C=CC(C3)C12.CC1C=CC2C3C=CC(C3)C12.CCC1C=CCC2C(C)C=CC12. The zero-order valence-electron chi connectivity index (χ0n) is 64.5. The highest BCUT2D eigenvalue weighted by Crippen LogP contribution is 2.69. The van der Waals surface area contributed by atoms with Gasteiger partial charge in [-0.25, -0.2) is 0 Å². The summed E-state index contributed by atoms with van der Waals surface area (Å²) in [6.45, 7) is 18.9. The molecule has 46 unspecified atom stereocenters. The van der Waals surface area contributed by atoms with Crippen molar-refractivity contribution in [3.05, 3.63) is 219 Å². The first-order valence-electron chi connectivity index (χ1n) is 44.6. The smallest absolute Gasteiger partial charge is 0.0131 e. The Labute approximate surface area is 625 Å². The number of hydrogen-bond acceptors (Lipinski definition) is 0. The third-order valence-corrected chi connectivity index (χ3v) is 36.3. The molecule has 0 radical (unpaired) electrons. The molecule has 0 aromatic carbocycles. The van der Waals surface area contributed by atoms with Crippen molar-refractivity contribution in [2.24, 2.45) is 272 Å². The lowest BCUT2D eigenvalue weighted by molar-refractivity contribution is 0.238. The van der Waals surface area contributed by atoms with Crippen molar-refractivity contribution >= 4 is 0 Å². The van der Waals surface area contributed by atoms with Gasteiger partial charge in [-0.05, 0) is 356 Å². The zero-order valence-corrected chi connectivity index (χ0v) is 64.5. The van der Waals surface area contributed by atoms with Gasteiger partial charge in [-0.1, -0.05) is 274 Å². The van der Waals surface area contributed by atoms with Crippen molar-refractivity contribution in [3.8, 4) is 0 Å². The summed E-state index contributed by atoms with van der Waals surface area (Å²) < 4.78 is 0. The third kappa shape index (κ3) is 11.5. The van der Waals surface area contributed by atoms with Crippen molar-refractivity contribution < 1.29 is 0 Å². The molecule has 0 amide bonds. The van der Waals surface area contributed by atoms with Crippen LogP contribution < -0.4 is 0 Å². The van der Waals surface area contributed by atoms with Crippen LogP contribution >= 0.6 is 0 Å². The van der Waals surface area contributed by atoms with Gasteiger partial charge in [-0.2, -0.15) is 0 Å². The Balaban J connectivity index is 0.0000000776. The minimum atomic E-state index is 0.814. The summed E-state index contributed by atoms with van der Waals surface area (Å²) >= 11 is 0. The standard InChI is InChI=1S/C15H18.C12H18.6C11H14.C10H12/c1-3-10-5-8(1)12-7-13-9-2-4-11(6-9)15(13)14(10)12;1-3-10-5-4-6-11-9(2)7-8-12(10)11;6*1-7-2-5-10-8-3-4-9(6-8)11(7)10;1-2-9-7-4-5-8(6-7)10(9)3-1/h1-4,8-15H,5-7H2;4-5,7-12H,3,6H2,1-2H3;6*2-5,7-11H,6H2,1H3;1-2,4-5,7-10H,3,6H2. The van der Waals surface area contributed by atoms with Crippen LogP contribution in [-0.2, 0) is 0 Å². The Morgan fingerprint density at radius 1 is 0.175 bits per heavy atom. The topological polar surface area (TPSA) is 0 Å². The van der Waals surface area contributed by atoms with Gasteiger partial charge in [0, 0.05) is 0 Å². The molecule has 0 saturated heterocycles. The normalized spacial score (nSPS) is 57.0. The van der Waals surface area contributed by atoms with E-state index >= 15 is 0 Å². The summed E-state index contributed by atoms with van der Waals surface area (Å²) in [5.74, 6) is 43.0. The van der Waals surface area contributed by atoms with E-state index in [0.717, 1.165) is 272 Å². The second-order valence-corrected chi connectivity index (χ2v) is 40.8. The van der Waals surface area contributed by atoms with Crippen molar-refractivity contribution in [1.29, 1.82) is 0 Å². The first kappa shape index (κ1) is 67.7. The molecule has 10 fully saturated rings. The van der Waals surface area contributed by atoms with Crippen molar-refractivity contribution in [2.45, 2.75) is 139 Å². The second-order valence-electron chi connectivity index (χ2n) is 40.8. The van der Waals surface area contributed by atoms with Gasteiger partial charge < -0.3 is 0 Å². The van der Waals surface area contributed by atoms with Crippen LogP contribution in [0.15, 0.2) is 219 Å². The molecule has 18 bridgehead atoms. The maximum atomic E-state index is 2.56. The molecule has 0 aromatic heterocycles. The number of hydrogen-bond donors (Lipinski definition) is 0. The summed E-state index contributed by atoms with van der Waals surface area (Å²) in [4.78, 5) is 0. The lowest BCUT2D eigenvalue weighted by atomic mass is 9.74. The molecule has 28 aliphatic rings. The maximum Gasteiger partial charge on any atom is -0.0131 e. The van der Waals surface area contributed by atoms with Gasteiger partial charge in [0.05, 0.1) is 0 Å². The van der Waals surface area contributed by atoms with E-state index in [2.05, 4.69) is 274 Å². The van der Waals surface area contributed by atoms with E-state index in [1.54, 1.807) is 6.42 Å². The minimum absolute atomic E-state index is 0.814. The van der Waals surface area contributed by atoms with Crippen LogP contribution in [0.4, 0.5) is 0 Å². The Hall–Kier alpha value is -4.68. The molecule has 0 aliphatic heterocycles. The maximum absolute atomic E-state index is 2.56. The molecule has 0 nitrogen and oxygen atoms in total. The van der Waals surface area contributed by atoms with E-state index in [-0.39, 0.29) is 0 Å². The quantitative estimate of drug-likeness (QED) is 0.230. The van der Waals surface area contributed by atoms with Crippen LogP contribution in [0.2, 0.25) is 0 Å². The van der Waals surface area contributed by atoms with Crippen LogP contribution in [0.3, 0.4) is 0 Å². The second kappa shape index (κ2) is 27.2. The first-order chi connectivity index (χ1) is 50.4. The predicted octanol–water partition coefficient (Wildman–Crippen LogP) is 24.8. The molecule has 0 spiro atoms. The molecule has 0 aromatic rings. The van der Waals surface area contributed by atoms with Crippen LogP contribution in [0.25, 0.3) is 0 Å². The Morgan fingerprint density at radius 2 is 0.408 bits per heavy atom. The van der Waals surface area contributed by atoms with Gasteiger partial charge in [-0.15, -0.1) is 0 Å². The van der Waals surface area contributed by atoms with Crippen molar-refractivity contribution in [1.82, 2.24) is 0 Å². The highest BCUT2D eigenvalue weighted by molar-refractivity contribution is 5.31. The molecule has 46 atom stereocenters. The molecule has 544 valence electrons. The fourth-order valence-electron chi connectivity index (χ4n) is 31.8. The van der Waals surface area contributed by atoms with Crippen molar-refractivity contribution in [2.75, 3.05) is 0 Å². The lowest BCUT2D eigenvalue weighted by Gasteiger charge is -2.30. The molecule has 0 heterocycles. The Morgan fingerprint density at radius 3 is 0.718 bits per heavy atom. The highest BCUT2D eigenvalue weighted by atomic mass is 14.7. The predicted molar refractivity (Wildman–Crippen MR) is 430 cm³/mol. The number of allylic oxidation sites excluding steroid dienone is 36. The Bertz CT molecular complexity index is 3300. The first-order valence-corrected chi connectivity index (χ1v) is 44.6. The van der Waals surface area contributed by atoms with Gasteiger partial charge in [0.2, 0.25) is 0 Å². The van der Waals surface area contributed by atoms with E-state index in [9.17, 15) is 0 Å². The average molecular weight is 1370 g/mol. The van der Waals surface area contributed by atoms with Crippen LogP contribution in [0.1, 0.15) is 139 Å². The van der Waals surface area contributed by atoms with Gasteiger partial charge in [0.25, 0.3) is 0 Å². The molecule has 28 aliphatic carbocycles. The molecule has 0 heteroatoms. The minimum Gasteiger partial charge on any atom is -0.0879 e. The summed E-state index contributed by atoms with van der Waals surface area (Å²) in [5, 5.41) is 0. The summed E-state index contributed by atoms with van der Waals surface area (Å²) in [5.41, 5.74) is 0. The largest absolute Gasteiger partial charge is 0.0879 e. The van der Waals surface area contributed by atoms with E-state index in [1.807, 2.05) is 0 Å². The Kier molecular flexibility index (Phi) is 17.8. The summed E-state index contributed by atoms with van der Waals surface area (Å²) in [6.07, 6.45) is 107. The van der Waals surface area contributed by atoms with E-state index in [0.29, 0.717) is 0 Å². The average Bonchev–Trinajstić information content (AvgIpc) is 1.54.